The molecular formula is C48H68N8O7S. The Morgan fingerprint density at radius 2 is 1.91 bits per heavy atom. The van der Waals surface area contributed by atoms with Gasteiger partial charge in [0.15, 0.2) is 0 Å². The fraction of sp³-hybridized carbons (Fsp3) is 0.583. The molecule has 0 aliphatic carbocycles. The van der Waals surface area contributed by atoms with Crippen LogP contribution in [-0.2, 0) is 36.8 Å². The number of carbonyl (C=O) groups is 4. The molecule has 0 radical (unpaired) electrons. The van der Waals surface area contributed by atoms with Crippen molar-refractivity contribution in [2.24, 2.45) is 28.2 Å². The molecule has 3 aliphatic rings. The van der Waals surface area contributed by atoms with Crippen LogP contribution in [0.15, 0.2) is 48.1 Å². The highest BCUT2D eigenvalue weighted by atomic mass is 32.2. The normalized spacial score (nSPS) is 21.4. The Bertz CT molecular complexity index is 2250. The number of fused-ring (bicyclic) bond motifs is 3. The summed E-state index contributed by atoms with van der Waals surface area (Å²) in [5.41, 5.74) is 8.80. The van der Waals surface area contributed by atoms with Crippen molar-refractivity contribution in [1.29, 1.82) is 0 Å². The van der Waals surface area contributed by atoms with Crippen molar-refractivity contribution in [2.75, 3.05) is 53.3 Å². The van der Waals surface area contributed by atoms with Crippen molar-refractivity contribution in [2.45, 2.75) is 105 Å². The van der Waals surface area contributed by atoms with Crippen LogP contribution in [0, 0.1) is 23.2 Å². The molecule has 16 heteroatoms. The second-order valence-electron chi connectivity index (χ2n) is 18.7. The van der Waals surface area contributed by atoms with E-state index >= 15 is 0 Å². The number of aromatic nitrogens is 2. The van der Waals surface area contributed by atoms with Crippen molar-refractivity contribution in [3.63, 3.8) is 0 Å². The number of carbonyl (C=O) groups excluding carboxylic acids is 4. The number of aryl methyl sites for hydroxylation is 1. The van der Waals surface area contributed by atoms with Gasteiger partial charge >= 0.3 is 12.0 Å². The number of likely N-dealkylation sites (tertiary alicyclic amines) is 1. The number of ether oxygens (including phenoxy) is 2. The number of aliphatic hydroxyl groups excluding tert-OH is 1. The number of hydrogen-bond acceptors (Lipinski definition) is 11. The van der Waals surface area contributed by atoms with Crippen LogP contribution in [0.3, 0.4) is 0 Å². The minimum atomic E-state index is -1.10. The summed E-state index contributed by atoms with van der Waals surface area (Å²) >= 11 is 1.36. The maximum absolute atomic E-state index is 14.6. The van der Waals surface area contributed by atoms with Crippen LogP contribution in [0.25, 0.3) is 27.9 Å². The zero-order valence-electron chi connectivity index (χ0n) is 39.3. The lowest BCUT2D eigenvalue weighted by Crippen LogP contribution is -2.63. The number of aliphatic imine (C=N–C) groups is 1. The first kappa shape index (κ1) is 48.7. The zero-order valence-corrected chi connectivity index (χ0v) is 40.1. The number of hydrazine groups is 1. The summed E-state index contributed by atoms with van der Waals surface area (Å²) in [4.78, 5) is 69.5. The monoisotopic (exact) mass is 900 g/mol. The standard InChI is InChI=1S/C48H68N8O7S/c1-12-55-39-18-17-32-21-35(39)36(43(55)34-15-13-19-49-41(34)31(6)62-10)23-48(7,8)27-63-46(60)37-16-14-20-56(52-37)45(59)38(22-40(64-11)50-30(32)5)51-44(58)42(28(2)3)53(9)47(61)54-24-33(25-54)29(4)26-57/h13,15,17-19,21,28-29,31,33,37-38,42,52,57H,5,12,14,16,20,22-27H2,1-4,6-11H3,(H,51,58)/t29-,31-,37-,38-,42?/m0/s1. The molecule has 4 amide bonds. The number of urea groups is 1. The number of likely N-dealkylation sites (N-methyl/N-ethyl adjacent to an activating group) is 1. The molecule has 2 fully saturated rings. The van der Waals surface area contributed by atoms with E-state index in [0.717, 1.165) is 39.0 Å². The molecule has 6 rings (SSSR count). The van der Waals surface area contributed by atoms with Gasteiger partial charge in [-0.2, -0.15) is 0 Å². The van der Waals surface area contributed by atoms with E-state index in [-0.39, 0.29) is 49.5 Å². The second kappa shape index (κ2) is 20.6. The van der Waals surface area contributed by atoms with Gasteiger partial charge in [0.05, 0.1) is 34.8 Å². The Kier molecular flexibility index (Phi) is 15.7. The molecule has 4 bridgehead atoms. The van der Waals surface area contributed by atoms with Gasteiger partial charge in [-0.3, -0.25) is 24.4 Å². The molecule has 348 valence electrons. The fourth-order valence-electron chi connectivity index (χ4n) is 9.14. The van der Waals surface area contributed by atoms with Crippen LogP contribution >= 0.6 is 11.8 Å². The van der Waals surface area contributed by atoms with Gasteiger partial charge in [0, 0.05) is 87.0 Å². The molecule has 1 aromatic carbocycles. The summed E-state index contributed by atoms with van der Waals surface area (Å²) in [7, 11) is 3.29. The quantitative estimate of drug-likeness (QED) is 0.197. The Morgan fingerprint density at radius 1 is 1.17 bits per heavy atom. The minimum absolute atomic E-state index is 0.0346. The summed E-state index contributed by atoms with van der Waals surface area (Å²) in [5.74, 6) is -1.42. The van der Waals surface area contributed by atoms with Crippen LogP contribution in [0.1, 0.15) is 90.7 Å². The van der Waals surface area contributed by atoms with E-state index in [0.29, 0.717) is 56.2 Å². The van der Waals surface area contributed by atoms with E-state index in [9.17, 15) is 24.3 Å². The van der Waals surface area contributed by atoms with Gasteiger partial charge in [-0.25, -0.2) is 15.2 Å². The molecule has 0 saturated carbocycles. The van der Waals surface area contributed by atoms with Crippen LogP contribution in [0.2, 0.25) is 0 Å². The number of nitrogens with zero attached hydrogens (tertiary/aromatic N) is 6. The third-order valence-electron chi connectivity index (χ3n) is 13.0. The third kappa shape index (κ3) is 10.3. The minimum Gasteiger partial charge on any atom is -0.464 e. The van der Waals surface area contributed by atoms with Crippen molar-refractivity contribution in [1.82, 2.24) is 35.1 Å². The van der Waals surface area contributed by atoms with E-state index < -0.39 is 41.3 Å². The first-order valence-corrected chi connectivity index (χ1v) is 23.8. The lowest BCUT2D eigenvalue weighted by molar-refractivity contribution is -0.155. The summed E-state index contributed by atoms with van der Waals surface area (Å²) in [6.07, 6.45) is 4.99. The number of aliphatic hydroxyl groups is 1. The van der Waals surface area contributed by atoms with Gasteiger partial charge in [-0.05, 0) is 86.9 Å². The second-order valence-corrected chi connectivity index (χ2v) is 19.6. The largest absolute Gasteiger partial charge is 0.464 e. The van der Waals surface area contributed by atoms with Gasteiger partial charge in [0.2, 0.25) is 5.91 Å². The Hall–Kier alpha value is -4.77. The molecular weight excluding hydrogens is 833 g/mol. The average Bonchev–Trinajstić information content (AvgIpc) is 3.57. The number of hydrogen-bond donors (Lipinski definition) is 3. The summed E-state index contributed by atoms with van der Waals surface area (Å²) in [6, 6.07) is 7.16. The van der Waals surface area contributed by atoms with Crippen LogP contribution in [-0.4, -0.2) is 130 Å². The molecule has 2 saturated heterocycles. The molecule has 3 N–H and O–H groups in total. The molecule has 5 atom stereocenters. The van der Waals surface area contributed by atoms with Crippen LogP contribution in [0.5, 0.6) is 0 Å². The molecule has 5 heterocycles. The first-order valence-electron chi connectivity index (χ1n) is 22.5. The highest BCUT2D eigenvalue weighted by molar-refractivity contribution is 8.13. The topological polar surface area (TPSA) is 171 Å². The molecule has 1 unspecified atom stereocenters. The van der Waals surface area contributed by atoms with Gasteiger partial charge in [0.1, 0.15) is 18.1 Å². The Morgan fingerprint density at radius 3 is 2.56 bits per heavy atom. The molecule has 2 aromatic heterocycles. The molecule has 64 heavy (non-hydrogen) atoms. The van der Waals surface area contributed by atoms with E-state index in [1.165, 1.54) is 21.7 Å². The fourth-order valence-corrected chi connectivity index (χ4v) is 9.67. The highest BCUT2D eigenvalue weighted by Gasteiger charge is 2.41. The Labute approximate surface area is 382 Å². The molecule has 3 aromatic rings. The van der Waals surface area contributed by atoms with Crippen molar-refractivity contribution < 1.29 is 33.8 Å². The van der Waals surface area contributed by atoms with Crippen LogP contribution in [0.4, 0.5) is 4.79 Å². The van der Waals surface area contributed by atoms with Gasteiger partial charge in [-0.15, -0.1) is 11.8 Å². The van der Waals surface area contributed by atoms with E-state index in [1.807, 2.05) is 46.1 Å². The smallest absolute Gasteiger partial charge is 0.324 e. The average molecular weight is 901 g/mol. The van der Waals surface area contributed by atoms with Crippen LogP contribution < -0.4 is 10.7 Å². The summed E-state index contributed by atoms with van der Waals surface area (Å²) < 4.78 is 14.2. The molecule has 0 spiro atoms. The SMILES string of the molecule is C=C1N=C(SC)C[C@H](NC(=O)C(C(C)C)N(C)C(=O)N2CC([C@@H](C)CO)C2)C(=O)N2CCC[C@H](N2)C(=O)OCC(C)(C)Cc2c(-c3cccnc3[C@H](C)OC)n(CC)c3ccc1cc23. The lowest BCUT2D eigenvalue weighted by atomic mass is 9.84. The first-order chi connectivity index (χ1) is 30.4. The predicted molar refractivity (Wildman–Crippen MR) is 252 cm³/mol. The number of thioether (sulfide) groups is 1. The Balaban J connectivity index is 1.41. The van der Waals surface area contributed by atoms with E-state index in [4.69, 9.17) is 19.5 Å². The number of pyridine rings is 1. The number of methoxy groups -OCH3 is 1. The lowest BCUT2D eigenvalue weighted by Gasteiger charge is -2.45. The van der Waals surface area contributed by atoms with Crippen molar-refractivity contribution in [3.8, 4) is 11.3 Å². The maximum atomic E-state index is 14.6. The van der Waals surface area contributed by atoms with Gasteiger partial charge in [0.25, 0.3) is 5.91 Å². The van der Waals surface area contributed by atoms with E-state index in [2.05, 4.69) is 60.9 Å². The predicted octanol–water partition coefficient (Wildman–Crippen LogP) is 6.30. The van der Waals surface area contributed by atoms with Crippen molar-refractivity contribution in [3.05, 3.63) is 59.9 Å². The van der Waals surface area contributed by atoms with Gasteiger partial charge < -0.3 is 34.3 Å². The third-order valence-corrected chi connectivity index (χ3v) is 13.8. The summed E-state index contributed by atoms with van der Waals surface area (Å²) in [5, 5.41) is 15.6. The van der Waals surface area contributed by atoms with Gasteiger partial charge in [-0.1, -0.05) is 47.3 Å². The maximum Gasteiger partial charge on any atom is 0.324 e. The number of esters is 1. The highest BCUT2D eigenvalue weighted by Crippen LogP contribution is 2.41. The number of cyclic esters (lactones) is 1. The zero-order chi connectivity index (χ0) is 46.6. The number of benzene rings is 1. The molecule has 3 aliphatic heterocycles. The number of nitrogens with one attached hydrogen (secondary N) is 2. The summed E-state index contributed by atoms with van der Waals surface area (Å²) in [6.45, 7) is 20.5. The molecule has 15 nitrogen and oxygen atoms in total. The van der Waals surface area contributed by atoms with E-state index in [1.54, 1.807) is 25.3 Å². The number of amides is 4. The van der Waals surface area contributed by atoms with Crippen molar-refractivity contribution >= 4 is 57.2 Å². The number of rotatable bonds is 10.